The van der Waals surface area contributed by atoms with Gasteiger partial charge in [-0.3, -0.25) is 10.3 Å². The predicted octanol–water partition coefficient (Wildman–Crippen LogP) is 5.01. The number of thiazole rings is 1. The summed E-state index contributed by atoms with van der Waals surface area (Å²) in [6, 6.07) is 8.02. The summed E-state index contributed by atoms with van der Waals surface area (Å²) in [5.41, 5.74) is 3.65. The first kappa shape index (κ1) is 16.4. The quantitative estimate of drug-likeness (QED) is 0.711. The Morgan fingerprint density at radius 3 is 2.75 bits per heavy atom. The molecule has 6 heteroatoms. The van der Waals surface area contributed by atoms with Crippen molar-refractivity contribution in [2.45, 2.75) is 33.3 Å². The van der Waals surface area contributed by atoms with E-state index < -0.39 is 11.7 Å². The molecule has 2 aromatic heterocycles. The highest BCUT2D eigenvalue weighted by Gasteiger charge is 2.17. The van der Waals surface area contributed by atoms with E-state index in [4.69, 9.17) is 4.74 Å². The van der Waals surface area contributed by atoms with Gasteiger partial charge in [0.15, 0.2) is 5.13 Å². The van der Waals surface area contributed by atoms with Gasteiger partial charge < -0.3 is 4.74 Å². The van der Waals surface area contributed by atoms with E-state index in [9.17, 15) is 4.79 Å². The van der Waals surface area contributed by atoms with Crippen LogP contribution >= 0.6 is 11.3 Å². The lowest BCUT2D eigenvalue weighted by Crippen LogP contribution is -2.27. The summed E-state index contributed by atoms with van der Waals surface area (Å²) in [6.45, 7) is 7.54. The van der Waals surface area contributed by atoms with Crippen LogP contribution in [0.15, 0.2) is 36.7 Å². The molecule has 0 aliphatic carbocycles. The third kappa shape index (κ3) is 3.71. The van der Waals surface area contributed by atoms with Gasteiger partial charge in [0.2, 0.25) is 0 Å². The fourth-order valence-corrected chi connectivity index (χ4v) is 3.19. The molecule has 0 atom stereocenters. The van der Waals surface area contributed by atoms with Crippen LogP contribution in [0.1, 0.15) is 26.3 Å². The number of carbonyl (C=O) groups excluding carboxylic acids is 1. The van der Waals surface area contributed by atoms with Crippen LogP contribution in [0.4, 0.5) is 9.93 Å². The molecule has 24 heavy (non-hydrogen) atoms. The lowest BCUT2D eigenvalue weighted by molar-refractivity contribution is 0.0636. The maximum absolute atomic E-state index is 11.9. The molecule has 0 spiro atoms. The van der Waals surface area contributed by atoms with Crippen molar-refractivity contribution in [3.8, 4) is 11.1 Å². The summed E-state index contributed by atoms with van der Waals surface area (Å²) >= 11 is 1.42. The molecule has 1 aromatic carbocycles. The summed E-state index contributed by atoms with van der Waals surface area (Å²) in [4.78, 5) is 20.5. The molecule has 2 heterocycles. The molecule has 0 saturated heterocycles. The van der Waals surface area contributed by atoms with Gasteiger partial charge in [-0.2, -0.15) is 0 Å². The van der Waals surface area contributed by atoms with Gasteiger partial charge in [-0.05, 0) is 57.0 Å². The third-order valence-electron chi connectivity index (χ3n) is 3.35. The number of hydrogen-bond acceptors (Lipinski definition) is 5. The summed E-state index contributed by atoms with van der Waals surface area (Å²) in [6.07, 6.45) is 3.15. The second-order valence-electron chi connectivity index (χ2n) is 6.52. The number of rotatable bonds is 2. The Hall–Kier alpha value is -2.47. The van der Waals surface area contributed by atoms with Crippen molar-refractivity contribution >= 4 is 32.8 Å². The monoisotopic (exact) mass is 341 g/mol. The molecule has 0 aliphatic heterocycles. The Morgan fingerprint density at radius 1 is 1.25 bits per heavy atom. The van der Waals surface area contributed by atoms with Crippen LogP contribution in [0.3, 0.4) is 0 Å². The van der Waals surface area contributed by atoms with Crippen LogP contribution < -0.4 is 5.32 Å². The van der Waals surface area contributed by atoms with E-state index in [1.807, 2.05) is 45.2 Å². The van der Waals surface area contributed by atoms with Crippen molar-refractivity contribution in [2.24, 2.45) is 0 Å². The summed E-state index contributed by atoms with van der Waals surface area (Å²) < 4.78 is 6.26. The van der Waals surface area contributed by atoms with Gasteiger partial charge in [0, 0.05) is 18.0 Å². The molecule has 0 saturated carbocycles. The van der Waals surface area contributed by atoms with Gasteiger partial charge >= 0.3 is 6.09 Å². The third-order valence-corrected chi connectivity index (χ3v) is 4.28. The predicted molar refractivity (Wildman–Crippen MR) is 97.4 cm³/mol. The van der Waals surface area contributed by atoms with E-state index >= 15 is 0 Å². The largest absolute Gasteiger partial charge is 0.444 e. The molecule has 124 valence electrons. The van der Waals surface area contributed by atoms with Crippen LogP contribution in [0, 0.1) is 6.92 Å². The van der Waals surface area contributed by atoms with Crippen molar-refractivity contribution in [3.63, 3.8) is 0 Å². The number of aryl methyl sites for hydroxylation is 1. The number of anilines is 1. The second kappa shape index (κ2) is 6.20. The Balaban J connectivity index is 1.87. The van der Waals surface area contributed by atoms with Gasteiger partial charge in [0.1, 0.15) is 5.60 Å². The minimum Gasteiger partial charge on any atom is -0.444 e. The zero-order valence-electron chi connectivity index (χ0n) is 14.1. The number of carbonyl (C=O) groups is 1. The van der Waals surface area contributed by atoms with Crippen LogP contribution in [-0.4, -0.2) is 21.7 Å². The number of aromatic nitrogens is 2. The molecule has 3 rings (SSSR count). The Kier molecular flexibility index (Phi) is 4.24. The molecular formula is C18H19N3O2S. The molecule has 0 bridgehead atoms. The van der Waals surface area contributed by atoms with Crippen LogP contribution in [0.2, 0.25) is 0 Å². The number of ether oxygens (including phenoxy) is 1. The van der Waals surface area contributed by atoms with Gasteiger partial charge in [0.05, 0.1) is 10.2 Å². The van der Waals surface area contributed by atoms with E-state index in [0.717, 1.165) is 21.3 Å². The van der Waals surface area contributed by atoms with Gasteiger partial charge in [-0.25, -0.2) is 9.78 Å². The molecule has 1 N–H and O–H groups in total. The SMILES string of the molecule is Cc1ccncc1-c1ccc2nc(NC(=O)OC(C)(C)C)sc2c1. The lowest BCUT2D eigenvalue weighted by atomic mass is 10.0. The average molecular weight is 341 g/mol. The van der Waals surface area contributed by atoms with Crippen molar-refractivity contribution in [1.82, 2.24) is 9.97 Å². The van der Waals surface area contributed by atoms with Gasteiger partial charge in [0.25, 0.3) is 0 Å². The zero-order valence-corrected chi connectivity index (χ0v) is 14.9. The number of amides is 1. The van der Waals surface area contributed by atoms with Crippen molar-refractivity contribution in [1.29, 1.82) is 0 Å². The smallest absolute Gasteiger partial charge is 0.413 e. The van der Waals surface area contributed by atoms with Crippen LogP contribution in [-0.2, 0) is 4.74 Å². The fraction of sp³-hybridized carbons (Fsp3) is 0.278. The average Bonchev–Trinajstić information content (AvgIpc) is 2.86. The van der Waals surface area contributed by atoms with Crippen molar-refractivity contribution in [3.05, 3.63) is 42.2 Å². The number of fused-ring (bicyclic) bond motifs is 1. The Labute approximate surface area is 144 Å². The molecule has 5 nitrogen and oxygen atoms in total. The molecule has 0 fully saturated rings. The number of nitrogens with one attached hydrogen (secondary N) is 1. The number of hydrogen-bond donors (Lipinski definition) is 1. The topological polar surface area (TPSA) is 64.1 Å². The fourth-order valence-electron chi connectivity index (χ4n) is 2.30. The van der Waals surface area contributed by atoms with E-state index in [2.05, 4.69) is 28.3 Å². The highest BCUT2D eigenvalue weighted by Crippen LogP contribution is 2.31. The van der Waals surface area contributed by atoms with Crippen molar-refractivity contribution < 1.29 is 9.53 Å². The highest BCUT2D eigenvalue weighted by molar-refractivity contribution is 7.22. The van der Waals surface area contributed by atoms with E-state index in [0.29, 0.717) is 5.13 Å². The lowest BCUT2D eigenvalue weighted by Gasteiger charge is -2.18. The standard InChI is InChI=1S/C18H19N3O2S/c1-11-7-8-19-10-13(11)12-5-6-14-15(9-12)24-16(20-14)21-17(22)23-18(2,3)4/h5-10H,1-4H3,(H,20,21,22). The number of benzene rings is 1. The molecule has 0 radical (unpaired) electrons. The molecule has 3 aromatic rings. The number of pyridine rings is 1. The molecule has 0 unspecified atom stereocenters. The van der Waals surface area contributed by atoms with Crippen molar-refractivity contribution in [2.75, 3.05) is 5.32 Å². The Morgan fingerprint density at radius 2 is 2.04 bits per heavy atom. The molecule has 0 aliphatic rings. The van der Waals surface area contributed by atoms with Gasteiger partial charge in [-0.1, -0.05) is 17.4 Å². The van der Waals surface area contributed by atoms with E-state index in [1.54, 1.807) is 6.20 Å². The highest BCUT2D eigenvalue weighted by atomic mass is 32.1. The first-order valence-corrected chi connectivity index (χ1v) is 8.45. The maximum atomic E-state index is 11.9. The maximum Gasteiger partial charge on any atom is 0.413 e. The minimum absolute atomic E-state index is 0.495. The summed E-state index contributed by atoms with van der Waals surface area (Å²) in [7, 11) is 0. The molecule has 1 amide bonds. The van der Waals surface area contributed by atoms with Crippen LogP contribution in [0.5, 0.6) is 0 Å². The molecular weight excluding hydrogens is 322 g/mol. The van der Waals surface area contributed by atoms with E-state index in [-0.39, 0.29) is 0 Å². The Bertz CT molecular complexity index is 897. The zero-order chi connectivity index (χ0) is 17.3. The normalized spacial score (nSPS) is 11.5. The summed E-state index contributed by atoms with van der Waals surface area (Å²) in [5.74, 6) is 0. The first-order valence-electron chi connectivity index (χ1n) is 7.63. The van der Waals surface area contributed by atoms with Gasteiger partial charge in [-0.15, -0.1) is 0 Å². The number of nitrogens with zero attached hydrogens (tertiary/aromatic N) is 2. The minimum atomic E-state index is -0.536. The first-order chi connectivity index (χ1) is 11.3. The van der Waals surface area contributed by atoms with Crippen LogP contribution in [0.25, 0.3) is 21.3 Å². The second-order valence-corrected chi connectivity index (χ2v) is 7.55. The summed E-state index contributed by atoms with van der Waals surface area (Å²) in [5, 5.41) is 3.22. The van der Waals surface area contributed by atoms with E-state index in [1.165, 1.54) is 16.9 Å².